The number of hydrogen-bond acceptors (Lipinski definition) is 4. The van der Waals surface area contributed by atoms with E-state index in [1.165, 1.54) is 5.69 Å². The molecule has 0 atom stereocenters. The highest BCUT2D eigenvalue weighted by atomic mass is 127. The second-order valence-corrected chi connectivity index (χ2v) is 6.17. The van der Waals surface area contributed by atoms with Crippen LogP contribution in [0.25, 0.3) is 0 Å². The van der Waals surface area contributed by atoms with Gasteiger partial charge in [0, 0.05) is 44.1 Å². The first-order chi connectivity index (χ1) is 12.6. The SMILES string of the molecule is CCCOc1ncccc1CNC(=NC)NCCCn1nc(C)cc1C.I. The van der Waals surface area contributed by atoms with E-state index in [1.807, 2.05) is 23.7 Å². The van der Waals surface area contributed by atoms with E-state index < -0.39 is 0 Å². The number of guanidine groups is 1. The Balaban J connectivity index is 0.00000364. The predicted molar refractivity (Wildman–Crippen MR) is 120 cm³/mol. The fourth-order valence-corrected chi connectivity index (χ4v) is 2.62. The maximum Gasteiger partial charge on any atom is 0.218 e. The van der Waals surface area contributed by atoms with Crippen molar-refractivity contribution in [1.82, 2.24) is 25.4 Å². The summed E-state index contributed by atoms with van der Waals surface area (Å²) in [6.07, 6.45) is 3.68. The van der Waals surface area contributed by atoms with E-state index in [0.29, 0.717) is 19.0 Å². The molecule has 2 rings (SSSR count). The van der Waals surface area contributed by atoms with E-state index in [-0.39, 0.29) is 24.0 Å². The fourth-order valence-electron chi connectivity index (χ4n) is 2.62. The van der Waals surface area contributed by atoms with Gasteiger partial charge in [0.1, 0.15) is 0 Å². The summed E-state index contributed by atoms with van der Waals surface area (Å²) < 4.78 is 7.73. The van der Waals surface area contributed by atoms with Crippen LogP contribution < -0.4 is 15.4 Å². The molecule has 0 spiro atoms. The molecule has 0 unspecified atom stereocenters. The van der Waals surface area contributed by atoms with E-state index in [4.69, 9.17) is 4.74 Å². The molecule has 0 aliphatic carbocycles. The summed E-state index contributed by atoms with van der Waals surface area (Å²) in [5, 5.41) is 11.1. The number of ether oxygens (including phenoxy) is 1. The molecule has 0 bridgehead atoms. The Labute approximate surface area is 179 Å². The molecule has 2 N–H and O–H groups in total. The van der Waals surface area contributed by atoms with E-state index >= 15 is 0 Å². The number of rotatable bonds is 9. The number of nitrogens with zero attached hydrogens (tertiary/aromatic N) is 4. The first-order valence-electron chi connectivity index (χ1n) is 9.16. The van der Waals surface area contributed by atoms with Gasteiger partial charge >= 0.3 is 0 Å². The molecular formula is C19H31IN6O. The summed E-state index contributed by atoms with van der Waals surface area (Å²) in [7, 11) is 1.77. The van der Waals surface area contributed by atoms with Gasteiger partial charge < -0.3 is 15.4 Å². The highest BCUT2D eigenvalue weighted by Crippen LogP contribution is 2.14. The van der Waals surface area contributed by atoms with Crippen LogP contribution in [0.3, 0.4) is 0 Å². The number of nitrogens with one attached hydrogen (secondary N) is 2. The molecule has 0 aliphatic heterocycles. The average molecular weight is 486 g/mol. The van der Waals surface area contributed by atoms with Crippen LogP contribution in [0.4, 0.5) is 0 Å². The molecule has 2 aromatic heterocycles. The monoisotopic (exact) mass is 486 g/mol. The Morgan fingerprint density at radius 2 is 2.11 bits per heavy atom. The molecule has 27 heavy (non-hydrogen) atoms. The van der Waals surface area contributed by atoms with Crippen LogP contribution in [0.1, 0.15) is 36.7 Å². The number of pyridine rings is 1. The lowest BCUT2D eigenvalue weighted by atomic mass is 10.2. The molecular weight excluding hydrogens is 455 g/mol. The molecule has 0 saturated heterocycles. The Kier molecular flexibility index (Phi) is 10.8. The number of aryl methyl sites for hydroxylation is 3. The van der Waals surface area contributed by atoms with Gasteiger partial charge in [-0.1, -0.05) is 13.0 Å². The van der Waals surface area contributed by atoms with Crippen LogP contribution >= 0.6 is 24.0 Å². The molecule has 150 valence electrons. The van der Waals surface area contributed by atoms with Crippen molar-refractivity contribution in [1.29, 1.82) is 0 Å². The molecule has 0 radical (unpaired) electrons. The smallest absolute Gasteiger partial charge is 0.218 e. The molecule has 0 aromatic carbocycles. The number of aromatic nitrogens is 3. The van der Waals surface area contributed by atoms with Gasteiger partial charge in [0.2, 0.25) is 5.88 Å². The van der Waals surface area contributed by atoms with Crippen molar-refractivity contribution in [2.75, 3.05) is 20.2 Å². The second kappa shape index (κ2) is 12.5. The Hall–Kier alpha value is -1.84. The van der Waals surface area contributed by atoms with Crippen molar-refractivity contribution in [3.05, 3.63) is 41.3 Å². The van der Waals surface area contributed by atoms with Crippen LogP contribution in [0.5, 0.6) is 5.88 Å². The van der Waals surface area contributed by atoms with Crippen molar-refractivity contribution < 1.29 is 4.74 Å². The quantitative estimate of drug-likeness (QED) is 0.247. The minimum atomic E-state index is 0. The maximum atomic E-state index is 5.69. The maximum absolute atomic E-state index is 5.69. The standard InChI is InChI=1S/C19H30N6O.HI/c1-5-12-26-18-17(8-6-9-21-18)14-23-19(20-4)22-10-7-11-25-16(3)13-15(2)24-25;/h6,8-9,13H,5,7,10-12,14H2,1-4H3,(H2,20,22,23);1H. The highest BCUT2D eigenvalue weighted by molar-refractivity contribution is 14.0. The fraction of sp³-hybridized carbons (Fsp3) is 0.526. The minimum Gasteiger partial charge on any atom is -0.477 e. The highest BCUT2D eigenvalue weighted by Gasteiger charge is 2.06. The Bertz CT molecular complexity index is 716. The van der Waals surface area contributed by atoms with Crippen LogP contribution in [0, 0.1) is 13.8 Å². The van der Waals surface area contributed by atoms with E-state index in [0.717, 1.165) is 43.1 Å². The molecule has 0 fully saturated rings. The second-order valence-electron chi connectivity index (χ2n) is 6.17. The minimum absolute atomic E-state index is 0. The average Bonchev–Trinajstić information content (AvgIpc) is 2.97. The molecule has 0 aliphatic rings. The lowest BCUT2D eigenvalue weighted by Gasteiger charge is -2.14. The van der Waals surface area contributed by atoms with Gasteiger partial charge in [-0.2, -0.15) is 5.10 Å². The number of halogens is 1. The van der Waals surface area contributed by atoms with Crippen LogP contribution in [0.2, 0.25) is 0 Å². The van der Waals surface area contributed by atoms with Gasteiger partial charge in [0.25, 0.3) is 0 Å². The van der Waals surface area contributed by atoms with E-state index in [1.54, 1.807) is 13.2 Å². The van der Waals surface area contributed by atoms with E-state index in [2.05, 4.69) is 45.6 Å². The molecule has 0 saturated carbocycles. The van der Waals surface area contributed by atoms with Crippen LogP contribution in [-0.4, -0.2) is 40.9 Å². The summed E-state index contributed by atoms with van der Waals surface area (Å²) >= 11 is 0. The zero-order chi connectivity index (χ0) is 18.8. The zero-order valence-electron chi connectivity index (χ0n) is 16.7. The van der Waals surface area contributed by atoms with Crippen molar-refractivity contribution in [3.8, 4) is 5.88 Å². The van der Waals surface area contributed by atoms with Gasteiger partial charge in [0.15, 0.2) is 5.96 Å². The van der Waals surface area contributed by atoms with Gasteiger partial charge in [0.05, 0.1) is 12.3 Å². The lowest BCUT2D eigenvalue weighted by molar-refractivity contribution is 0.301. The topological polar surface area (TPSA) is 76.4 Å². The van der Waals surface area contributed by atoms with Gasteiger partial charge in [-0.25, -0.2) is 4.98 Å². The third-order valence-corrected chi connectivity index (χ3v) is 3.91. The molecule has 0 amide bonds. The van der Waals surface area contributed by atoms with Crippen molar-refractivity contribution in [2.24, 2.45) is 4.99 Å². The van der Waals surface area contributed by atoms with Crippen LogP contribution in [-0.2, 0) is 13.1 Å². The van der Waals surface area contributed by atoms with Gasteiger partial charge in [-0.3, -0.25) is 9.67 Å². The number of aliphatic imine (C=N–C) groups is 1. The van der Waals surface area contributed by atoms with Crippen molar-refractivity contribution >= 4 is 29.9 Å². The first kappa shape index (κ1) is 23.2. The third kappa shape index (κ3) is 7.74. The van der Waals surface area contributed by atoms with Crippen molar-refractivity contribution in [3.63, 3.8) is 0 Å². The summed E-state index contributed by atoms with van der Waals surface area (Å²) in [5.41, 5.74) is 3.28. The summed E-state index contributed by atoms with van der Waals surface area (Å²) in [6.45, 7) is 9.18. The first-order valence-corrected chi connectivity index (χ1v) is 9.16. The van der Waals surface area contributed by atoms with E-state index in [9.17, 15) is 0 Å². The largest absolute Gasteiger partial charge is 0.477 e. The lowest BCUT2D eigenvalue weighted by Crippen LogP contribution is -2.37. The Morgan fingerprint density at radius 1 is 1.30 bits per heavy atom. The molecule has 8 heteroatoms. The van der Waals surface area contributed by atoms with Gasteiger partial charge in [-0.05, 0) is 38.8 Å². The normalized spacial score (nSPS) is 11.0. The summed E-state index contributed by atoms with van der Waals surface area (Å²) in [4.78, 5) is 8.58. The molecule has 7 nitrogen and oxygen atoms in total. The predicted octanol–water partition coefficient (Wildman–Crippen LogP) is 3.06. The Morgan fingerprint density at radius 3 is 2.78 bits per heavy atom. The third-order valence-electron chi connectivity index (χ3n) is 3.91. The summed E-state index contributed by atoms with van der Waals surface area (Å²) in [5.74, 6) is 1.45. The zero-order valence-corrected chi connectivity index (χ0v) is 19.0. The van der Waals surface area contributed by atoms with Crippen molar-refractivity contribution in [2.45, 2.75) is 46.7 Å². The number of hydrogen-bond donors (Lipinski definition) is 2. The molecule has 2 heterocycles. The summed E-state index contributed by atoms with van der Waals surface area (Å²) in [6, 6.07) is 6.03. The molecule has 2 aromatic rings. The van der Waals surface area contributed by atoms with Gasteiger partial charge in [-0.15, -0.1) is 24.0 Å². The van der Waals surface area contributed by atoms with Crippen LogP contribution in [0.15, 0.2) is 29.4 Å².